The number of hydrogen-bond acceptors (Lipinski definition) is 1. The molecule has 0 bridgehead atoms. The zero-order chi connectivity index (χ0) is 33.5. The van der Waals surface area contributed by atoms with E-state index in [0.717, 1.165) is 21.9 Å². The van der Waals surface area contributed by atoms with Gasteiger partial charge < -0.3 is 4.42 Å². The monoisotopic (exact) mass is 646 g/mol. The maximum Gasteiger partial charge on any atom is 0.135 e. The number of fused-ring (bicyclic) bond motifs is 14. The number of hydrogen-bond donors (Lipinski definition) is 0. The van der Waals surface area contributed by atoms with Gasteiger partial charge in [0.2, 0.25) is 0 Å². The van der Waals surface area contributed by atoms with Crippen molar-refractivity contribution in [3.05, 3.63) is 182 Å². The third-order valence-corrected chi connectivity index (χ3v) is 10.8. The molecule has 0 aliphatic heterocycles. The zero-order valence-corrected chi connectivity index (χ0v) is 27.7. The smallest absolute Gasteiger partial charge is 0.135 e. The van der Waals surface area contributed by atoms with Crippen molar-refractivity contribution in [2.75, 3.05) is 0 Å². The minimum Gasteiger partial charge on any atom is -0.456 e. The summed E-state index contributed by atoms with van der Waals surface area (Å²) in [5.74, 6) is 0. The maximum absolute atomic E-state index is 6.08. The molecule has 11 aromatic rings. The standard InChI is InChI=1S/C50H30O/c1-2-10-31(11-3-1)34-22-25-42-44(28-34)37-12-4-6-15-40(37)50-43-26-23-35(29-45(43)38-13-5-7-16-41(38)49(42)50)32-18-20-33(21-19-32)36-24-27-48-46(30-36)39-14-8-9-17-47(39)51-48/h1-30H. The highest BCUT2D eigenvalue weighted by Crippen LogP contribution is 2.45. The van der Waals surface area contributed by atoms with Crippen LogP contribution in [0.2, 0.25) is 0 Å². The molecule has 0 saturated carbocycles. The van der Waals surface area contributed by atoms with Gasteiger partial charge in [-0.1, -0.05) is 152 Å². The Hall–Kier alpha value is -6.70. The minimum atomic E-state index is 0.921. The fraction of sp³-hybridized carbons (Fsp3) is 0. The molecule has 0 atom stereocenters. The van der Waals surface area contributed by atoms with E-state index in [-0.39, 0.29) is 0 Å². The maximum atomic E-state index is 6.08. The average Bonchev–Trinajstić information content (AvgIpc) is 3.59. The summed E-state index contributed by atoms with van der Waals surface area (Å²) in [6.07, 6.45) is 0. The van der Waals surface area contributed by atoms with Gasteiger partial charge in [0.05, 0.1) is 0 Å². The van der Waals surface area contributed by atoms with E-state index in [2.05, 4.69) is 170 Å². The predicted octanol–water partition coefficient (Wildman–Crippen LogP) is 14.4. The first-order valence-corrected chi connectivity index (χ1v) is 17.6. The largest absolute Gasteiger partial charge is 0.456 e. The summed E-state index contributed by atoms with van der Waals surface area (Å²) >= 11 is 0. The fourth-order valence-corrected chi connectivity index (χ4v) is 8.42. The van der Waals surface area contributed by atoms with Crippen LogP contribution in [0.25, 0.3) is 109 Å². The second-order valence-corrected chi connectivity index (χ2v) is 13.6. The van der Waals surface area contributed by atoms with Crippen molar-refractivity contribution in [2.24, 2.45) is 0 Å². The SMILES string of the molecule is c1ccc(-c2ccc3c(c2)c2ccccc2c2c4ccc(-c5ccc(-c6ccc7oc8ccccc8c7c6)cc5)cc4c4ccccc4c32)cc1. The van der Waals surface area contributed by atoms with Crippen LogP contribution >= 0.6 is 0 Å². The van der Waals surface area contributed by atoms with Crippen molar-refractivity contribution < 1.29 is 4.42 Å². The highest BCUT2D eigenvalue weighted by atomic mass is 16.3. The summed E-state index contributed by atoms with van der Waals surface area (Å²) in [7, 11) is 0. The Kier molecular flexibility index (Phi) is 6.02. The van der Waals surface area contributed by atoms with Gasteiger partial charge in [-0.2, -0.15) is 0 Å². The molecule has 1 heteroatoms. The topological polar surface area (TPSA) is 13.1 Å². The van der Waals surface area contributed by atoms with Crippen molar-refractivity contribution in [3.63, 3.8) is 0 Å². The van der Waals surface area contributed by atoms with Crippen molar-refractivity contribution in [3.8, 4) is 33.4 Å². The normalized spacial score (nSPS) is 11.9. The molecule has 0 radical (unpaired) electrons. The van der Waals surface area contributed by atoms with E-state index in [0.29, 0.717) is 0 Å². The van der Waals surface area contributed by atoms with E-state index in [4.69, 9.17) is 4.42 Å². The first-order valence-electron chi connectivity index (χ1n) is 17.6. The Bertz CT molecular complexity index is 3170. The Morgan fingerprint density at radius 1 is 0.216 bits per heavy atom. The number of furan rings is 1. The highest BCUT2D eigenvalue weighted by molar-refractivity contribution is 6.39. The van der Waals surface area contributed by atoms with Crippen LogP contribution in [0.1, 0.15) is 0 Å². The lowest BCUT2D eigenvalue weighted by Crippen LogP contribution is -1.90. The molecule has 10 aromatic carbocycles. The van der Waals surface area contributed by atoms with Crippen molar-refractivity contribution in [1.29, 1.82) is 0 Å². The van der Waals surface area contributed by atoms with Crippen LogP contribution in [0, 0.1) is 0 Å². The van der Waals surface area contributed by atoms with Gasteiger partial charge in [0.1, 0.15) is 11.2 Å². The molecule has 1 nitrogen and oxygen atoms in total. The molecule has 1 aromatic heterocycles. The van der Waals surface area contributed by atoms with Crippen LogP contribution in [0.5, 0.6) is 0 Å². The van der Waals surface area contributed by atoms with Crippen molar-refractivity contribution >= 4 is 75.8 Å². The Morgan fingerprint density at radius 2 is 0.588 bits per heavy atom. The van der Waals surface area contributed by atoms with E-state index >= 15 is 0 Å². The molecule has 0 aliphatic rings. The molecule has 11 rings (SSSR count). The molecule has 236 valence electrons. The first-order chi connectivity index (χ1) is 25.3. The summed E-state index contributed by atoms with van der Waals surface area (Å²) in [6.45, 7) is 0. The van der Waals surface area contributed by atoms with E-state index in [1.165, 1.54) is 87.2 Å². The van der Waals surface area contributed by atoms with E-state index < -0.39 is 0 Å². The second-order valence-electron chi connectivity index (χ2n) is 13.6. The fourth-order valence-electron chi connectivity index (χ4n) is 8.42. The lowest BCUT2D eigenvalue weighted by atomic mass is 9.85. The van der Waals surface area contributed by atoms with Crippen molar-refractivity contribution in [2.45, 2.75) is 0 Å². The van der Waals surface area contributed by atoms with E-state index in [9.17, 15) is 0 Å². The Labute approximate surface area is 294 Å². The zero-order valence-electron chi connectivity index (χ0n) is 27.7. The Morgan fingerprint density at radius 3 is 1.16 bits per heavy atom. The number of rotatable bonds is 3. The summed E-state index contributed by atoms with van der Waals surface area (Å²) in [6, 6.07) is 66.4. The van der Waals surface area contributed by atoms with Crippen LogP contribution < -0.4 is 0 Å². The Balaban J connectivity index is 1.10. The lowest BCUT2D eigenvalue weighted by Gasteiger charge is -2.18. The molecule has 0 N–H and O–H groups in total. The third kappa shape index (κ3) is 4.28. The summed E-state index contributed by atoms with van der Waals surface area (Å²) in [4.78, 5) is 0. The van der Waals surface area contributed by atoms with Crippen LogP contribution in [0.4, 0.5) is 0 Å². The van der Waals surface area contributed by atoms with Gasteiger partial charge in [-0.05, 0) is 118 Å². The predicted molar refractivity (Wildman–Crippen MR) is 218 cm³/mol. The van der Waals surface area contributed by atoms with Crippen LogP contribution in [-0.2, 0) is 0 Å². The van der Waals surface area contributed by atoms with Gasteiger partial charge in [0, 0.05) is 10.8 Å². The van der Waals surface area contributed by atoms with E-state index in [1.54, 1.807) is 0 Å². The summed E-state index contributed by atoms with van der Waals surface area (Å²) in [5.41, 5.74) is 9.12. The van der Waals surface area contributed by atoms with E-state index in [1.807, 2.05) is 12.1 Å². The molecule has 1 heterocycles. The highest BCUT2D eigenvalue weighted by Gasteiger charge is 2.17. The van der Waals surface area contributed by atoms with Gasteiger partial charge in [0.25, 0.3) is 0 Å². The van der Waals surface area contributed by atoms with Gasteiger partial charge >= 0.3 is 0 Å². The molecule has 0 fully saturated rings. The van der Waals surface area contributed by atoms with Crippen molar-refractivity contribution in [1.82, 2.24) is 0 Å². The molecule has 51 heavy (non-hydrogen) atoms. The van der Waals surface area contributed by atoms with Gasteiger partial charge in [-0.3, -0.25) is 0 Å². The van der Waals surface area contributed by atoms with Gasteiger partial charge in [-0.15, -0.1) is 0 Å². The molecular formula is C50H30O. The molecule has 0 spiro atoms. The lowest BCUT2D eigenvalue weighted by molar-refractivity contribution is 0.669. The third-order valence-electron chi connectivity index (χ3n) is 10.8. The molecule has 0 aliphatic carbocycles. The molecular weight excluding hydrogens is 617 g/mol. The van der Waals surface area contributed by atoms with Crippen LogP contribution in [0.15, 0.2) is 186 Å². The summed E-state index contributed by atoms with van der Waals surface area (Å²) in [5, 5.41) is 15.3. The number of benzene rings is 10. The summed E-state index contributed by atoms with van der Waals surface area (Å²) < 4.78 is 6.08. The second kappa shape index (κ2) is 10.9. The minimum absolute atomic E-state index is 0.921. The van der Waals surface area contributed by atoms with Gasteiger partial charge in [-0.25, -0.2) is 0 Å². The van der Waals surface area contributed by atoms with Crippen LogP contribution in [-0.4, -0.2) is 0 Å². The first kappa shape index (κ1) is 28.2. The molecule has 0 saturated heterocycles. The van der Waals surface area contributed by atoms with Crippen LogP contribution in [0.3, 0.4) is 0 Å². The quantitative estimate of drug-likeness (QED) is 0.174. The van der Waals surface area contributed by atoms with Gasteiger partial charge in [0.15, 0.2) is 0 Å². The molecule has 0 unspecified atom stereocenters. The number of para-hydroxylation sites is 1. The molecule has 0 amide bonds. The average molecular weight is 647 g/mol.